The molecular formula is C14H19N3O. The third-order valence-corrected chi connectivity index (χ3v) is 5.60. The highest BCUT2D eigenvalue weighted by atomic mass is 16.2. The first-order chi connectivity index (χ1) is 8.26. The van der Waals surface area contributed by atoms with Crippen LogP contribution < -0.4 is 0 Å². The van der Waals surface area contributed by atoms with Gasteiger partial charge in [-0.3, -0.25) is 4.79 Å². The maximum Gasteiger partial charge on any atom is 0.247 e. The van der Waals surface area contributed by atoms with E-state index >= 15 is 0 Å². The van der Waals surface area contributed by atoms with Crippen molar-refractivity contribution in [2.75, 3.05) is 0 Å². The van der Waals surface area contributed by atoms with Crippen LogP contribution >= 0.6 is 0 Å². The van der Waals surface area contributed by atoms with Crippen molar-refractivity contribution >= 4 is 11.6 Å². The smallest absolute Gasteiger partial charge is 0.247 e. The van der Waals surface area contributed by atoms with Crippen LogP contribution in [0.25, 0.3) is 0 Å². The zero-order valence-electron chi connectivity index (χ0n) is 11.4. The third-order valence-electron chi connectivity index (χ3n) is 5.60. The Bertz CT molecular complexity index is 492. The number of hydrogen-bond donors (Lipinski definition) is 0. The average Bonchev–Trinajstić information content (AvgIpc) is 3.01. The molecular weight excluding hydrogens is 226 g/mol. The summed E-state index contributed by atoms with van der Waals surface area (Å²) in [5.41, 5.74) is 0.449. The number of nitrogens with zero attached hydrogens (tertiary/aromatic N) is 3. The van der Waals surface area contributed by atoms with Gasteiger partial charge >= 0.3 is 0 Å². The fourth-order valence-corrected chi connectivity index (χ4v) is 3.46. The van der Waals surface area contributed by atoms with E-state index in [1.54, 1.807) is 5.01 Å². The topological polar surface area (TPSA) is 56.5 Å². The highest BCUT2D eigenvalue weighted by Crippen LogP contribution is 2.69. The molecule has 0 saturated heterocycles. The minimum absolute atomic E-state index is 0.0317. The van der Waals surface area contributed by atoms with Crippen molar-refractivity contribution in [3.63, 3.8) is 0 Å². The van der Waals surface area contributed by atoms with Gasteiger partial charge in [-0.05, 0) is 23.7 Å². The lowest BCUT2D eigenvalue weighted by molar-refractivity contribution is -0.136. The minimum Gasteiger partial charge on any atom is -0.273 e. The molecule has 2 saturated carbocycles. The van der Waals surface area contributed by atoms with Crippen molar-refractivity contribution in [1.82, 2.24) is 5.01 Å². The molecule has 4 heteroatoms. The normalized spacial score (nSPS) is 29.9. The van der Waals surface area contributed by atoms with E-state index in [4.69, 9.17) is 5.26 Å². The number of nitriles is 1. The van der Waals surface area contributed by atoms with Crippen LogP contribution in [-0.2, 0) is 4.79 Å². The van der Waals surface area contributed by atoms with Crippen molar-refractivity contribution < 1.29 is 4.79 Å². The van der Waals surface area contributed by atoms with E-state index in [0.717, 1.165) is 12.8 Å². The molecule has 0 N–H and O–H groups in total. The Morgan fingerprint density at radius 3 is 2.28 bits per heavy atom. The maximum atomic E-state index is 12.7. The van der Waals surface area contributed by atoms with E-state index in [1.807, 2.05) is 0 Å². The standard InChI is InChI=1S/C14H19N3O/c1-12(2)10(13(12,3)4)11(18)17-14(5-6-14)7-9(8-15)16-17/h10H,5-7H2,1-4H3. The van der Waals surface area contributed by atoms with Gasteiger partial charge in [0.2, 0.25) is 5.91 Å². The molecule has 1 amide bonds. The summed E-state index contributed by atoms with van der Waals surface area (Å²) in [5.74, 6) is 0.150. The molecule has 0 radical (unpaired) electrons. The SMILES string of the molecule is CC1(C)C(C(=O)N2N=C(C#N)CC23CC3)C1(C)C. The van der Waals surface area contributed by atoms with E-state index in [0.29, 0.717) is 12.1 Å². The van der Waals surface area contributed by atoms with Gasteiger partial charge in [0, 0.05) is 6.42 Å². The van der Waals surface area contributed by atoms with Crippen molar-refractivity contribution in [2.24, 2.45) is 21.8 Å². The molecule has 1 aliphatic heterocycles. The Hall–Kier alpha value is -1.37. The number of rotatable bonds is 1. The Morgan fingerprint density at radius 1 is 1.33 bits per heavy atom. The Kier molecular flexibility index (Phi) is 1.92. The second-order valence-corrected chi connectivity index (χ2v) is 7.09. The first-order valence-corrected chi connectivity index (χ1v) is 6.58. The summed E-state index contributed by atoms with van der Waals surface area (Å²) in [6.07, 6.45) is 2.63. The van der Waals surface area contributed by atoms with Crippen LogP contribution in [0.15, 0.2) is 5.10 Å². The minimum atomic E-state index is -0.128. The molecule has 0 aromatic rings. The first-order valence-electron chi connectivity index (χ1n) is 6.58. The highest BCUT2D eigenvalue weighted by molar-refractivity contribution is 6.02. The highest BCUT2D eigenvalue weighted by Gasteiger charge is 2.71. The van der Waals surface area contributed by atoms with Gasteiger partial charge in [-0.15, -0.1) is 0 Å². The third kappa shape index (κ3) is 1.20. The van der Waals surface area contributed by atoms with Gasteiger partial charge in [-0.1, -0.05) is 27.7 Å². The van der Waals surface area contributed by atoms with Crippen molar-refractivity contribution in [3.05, 3.63) is 0 Å². The Balaban J connectivity index is 1.87. The van der Waals surface area contributed by atoms with Gasteiger partial charge in [0.1, 0.15) is 11.8 Å². The van der Waals surface area contributed by atoms with E-state index in [2.05, 4.69) is 38.9 Å². The number of hydrazone groups is 1. The summed E-state index contributed by atoms with van der Waals surface area (Å²) < 4.78 is 0. The lowest BCUT2D eigenvalue weighted by atomic mass is 10.0. The molecule has 1 heterocycles. The van der Waals surface area contributed by atoms with Crippen molar-refractivity contribution in [3.8, 4) is 6.07 Å². The molecule has 2 fully saturated rings. The van der Waals surface area contributed by atoms with Crippen LogP contribution in [0.2, 0.25) is 0 Å². The molecule has 1 spiro atoms. The molecule has 18 heavy (non-hydrogen) atoms. The van der Waals surface area contributed by atoms with Crippen LogP contribution in [0.4, 0.5) is 0 Å². The number of carbonyl (C=O) groups excluding carboxylic acids is 1. The Morgan fingerprint density at radius 2 is 1.89 bits per heavy atom. The maximum absolute atomic E-state index is 12.7. The molecule has 0 atom stereocenters. The lowest BCUT2D eigenvalue weighted by Gasteiger charge is -2.21. The predicted molar refractivity (Wildman–Crippen MR) is 67.5 cm³/mol. The van der Waals surface area contributed by atoms with Crippen LogP contribution in [0.3, 0.4) is 0 Å². The van der Waals surface area contributed by atoms with E-state index in [1.165, 1.54) is 0 Å². The molecule has 96 valence electrons. The van der Waals surface area contributed by atoms with Crippen molar-refractivity contribution in [2.45, 2.75) is 52.5 Å². The molecule has 0 bridgehead atoms. The quantitative estimate of drug-likeness (QED) is 0.711. The molecule has 0 unspecified atom stereocenters. The average molecular weight is 245 g/mol. The Labute approximate surface area is 108 Å². The summed E-state index contributed by atoms with van der Waals surface area (Å²) in [4.78, 5) is 12.7. The summed E-state index contributed by atoms with van der Waals surface area (Å²) >= 11 is 0. The van der Waals surface area contributed by atoms with E-state index < -0.39 is 0 Å². The summed E-state index contributed by atoms with van der Waals surface area (Å²) in [6.45, 7) is 8.56. The monoisotopic (exact) mass is 245 g/mol. The summed E-state index contributed by atoms with van der Waals surface area (Å²) in [6, 6.07) is 2.10. The molecule has 2 aliphatic carbocycles. The number of amides is 1. The zero-order chi connectivity index (χ0) is 13.3. The van der Waals surface area contributed by atoms with Crippen LogP contribution in [0, 0.1) is 28.1 Å². The molecule has 0 aromatic heterocycles. The molecule has 3 rings (SSSR count). The summed E-state index contributed by atoms with van der Waals surface area (Å²) in [7, 11) is 0. The van der Waals surface area contributed by atoms with Gasteiger partial charge in [0.05, 0.1) is 11.5 Å². The molecule has 3 aliphatic rings. The number of carbonyl (C=O) groups is 1. The zero-order valence-corrected chi connectivity index (χ0v) is 11.4. The van der Waals surface area contributed by atoms with Crippen LogP contribution in [-0.4, -0.2) is 22.2 Å². The first kappa shape index (κ1) is 11.7. The van der Waals surface area contributed by atoms with Gasteiger partial charge in [-0.2, -0.15) is 10.4 Å². The van der Waals surface area contributed by atoms with Gasteiger partial charge < -0.3 is 0 Å². The second kappa shape index (κ2) is 2.96. The summed E-state index contributed by atoms with van der Waals surface area (Å²) in [5, 5.41) is 14.9. The molecule has 4 nitrogen and oxygen atoms in total. The van der Waals surface area contributed by atoms with Crippen LogP contribution in [0.1, 0.15) is 47.0 Å². The van der Waals surface area contributed by atoms with E-state index in [-0.39, 0.29) is 28.2 Å². The predicted octanol–water partition coefficient (Wildman–Crippen LogP) is 2.31. The van der Waals surface area contributed by atoms with Crippen molar-refractivity contribution in [1.29, 1.82) is 5.26 Å². The number of hydrogen-bond acceptors (Lipinski definition) is 3. The van der Waals surface area contributed by atoms with Crippen LogP contribution in [0.5, 0.6) is 0 Å². The molecule has 0 aromatic carbocycles. The van der Waals surface area contributed by atoms with Gasteiger partial charge in [0.25, 0.3) is 0 Å². The van der Waals surface area contributed by atoms with Gasteiger partial charge in [0.15, 0.2) is 0 Å². The lowest BCUT2D eigenvalue weighted by Crippen LogP contribution is -2.36. The van der Waals surface area contributed by atoms with Gasteiger partial charge in [-0.25, -0.2) is 5.01 Å². The fourth-order valence-electron chi connectivity index (χ4n) is 3.46. The van der Waals surface area contributed by atoms with E-state index in [9.17, 15) is 4.79 Å². The second-order valence-electron chi connectivity index (χ2n) is 7.09. The largest absolute Gasteiger partial charge is 0.273 e. The fraction of sp³-hybridized carbons (Fsp3) is 0.786.